The van der Waals surface area contributed by atoms with Gasteiger partial charge in [0.25, 0.3) is 11.5 Å². The van der Waals surface area contributed by atoms with Crippen molar-refractivity contribution in [2.75, 3.05) is 13.7 Å². The van der Waals surface area contributed by atoms with Crippen LogP contribution in [0.25, 0.3) is 10.8 Å². The summed E-state index contributed by atoms with van der Waals surface area (Å²) in [5.41, 5.74) is -4.67. The summed E-state index contributed by atoms with van der Waals surface area (Å²) in [5.74, 6) is -0.455. The Hall–Kier alpha value is -4.09. The van der Waals surface area contributed by atoms with E-state index < -0.39 is 41.4 Å². The molecule has 6 nitrogen and oxygen atoms in total. The third-order valence-electron chi connectivity index (χ3n) is 5.86. The lowest BCUT2D eigenvalue weighted by molar-refractivity contribution is -0.276. The van der Waals surface area contributed by atoms with Crippen molar-refractivity contribution >= 4 is 28.6 Å². The number of hydrogen-bond donors (Lipinski definition) is 1. The second kappa shape index (κ2) is 9.75. The number of alkyl halides is 6. The predicted octanol–water partition coefficient (Wildman–Crippen LogP) is 5.80. The van der Waals surface area contributed by atoms with Gasteiger partial charge in [-0.2, -0.15) is 26.3 Å². The van der Waals surface area contributed by atoms with E-state index in [1.165, 1.54) is 25.5 Å². The Morgan fingerprint density at radius 3 is 2.49 bits per heavy atom. The van der Waals surface area contributed by atoms with E-state index in [-0.39, 0.29) is 23.4 Å². The van der Waals surface area contributed by atoms with Gasteiger partial charge in [-0.15, -0.1) is 0 Å². The molecule has 1 atom stereocenters. The highest BCUT2D eigenvalue weighted by Crippen LogP contribution is 2.50. The van der Waals surface area contributed by atoms with Crippen LogP contribution in [0.5, 0.6) is 0 Å². The number of nitrogens with zero attached hydrogens (tertiary/aromatic N) is 2. The number of oxime groups is 2. The van der Waals surface area contributed by atoms with Crippen LogP contribution >= 0.6 is 0 Å². The molecule has 0 aliphatic carbocycles. The molecule has 12 heteroatoms. The first-order valence-corrected chi connectivity index (χ1v) is 10.8. The molecule has 3 aromatic carbocycles. The maximum absolute atomic E-state index is 14.3. The van der Waals surface area contributed by atoms with Crippen LogP contribution < -0.4 is 5.32 Å². The SMILES string of the molecule is CO/N=C/CNC(=O)c1ccc(C2=NOC(c3cccc(C(F)(F)F)c3)(C(F)(F)F)C2)c2ccccc12. The van der Waals surface area contributed by atoms with Crippen molar-refractivity contribution < 1.29 is 40.8 Å². The normalized spacial score (nSPS) is 18.1. The summed E-state index contributed by atoms with van der Waals surface area (Å²) in [5, 5.41) is 10.7. The van der Waals surface area contributed by atoms with Crippen molar-refractivity contribution in [3.63, 3.8) is 0 Å². The molecule has 0 spiro atoms. The number of rotatable bonds is 6. The summed E-state index contributed by atoms with van der Waals surface area (Å²) in [6.07, 6.45) is -9.45. The minimum Gasteiger partial charge on any atom is -0.399 e. The zero-order valence-electron chi connectivity index (χ0n) is 19.2. The van der Waals surface area contributed by atoms with Crippen LogP contribution in [0.15, 0.2) is 71.0 Å². The van der Waals surface area contributed by atoms with Gasteiger partial charge in [0.1, 0.15) is 7.11 Å². The summed E-state index contributed by atoms with van der Waals surface area (Å²) < 4.78 is 82.6. The number of carbonyl (C=O) groups excluding carboxylic acids is 1. The highest BCUT2D eigenvalue weighted by molar-refractivity contribution is 6.16. The fourth-order valence-corrected chi connectivity index (χ4v) is 4.09. The Labute approximate surface area is 206 Å². The predicted molar refractivity (Wildman–Crippen MR) is 123 cm³/mol. The second-order valence-electron chi connectivity index (χ2n) is 8.10. The van der Waals surface area contributed by atoms with Crippen molar-refractivity contribution in [2.45, 2.75) is 24.4 Å². The van der Waals surface area contributed by atoms with Gasteiger partial charge in [-0.3, -0.25) is 4.79 Å². The summed E-state index contributed by atoms with van der Waals surface area (Å²) in [4.78, 5) is 22.1. The molecular formula is C25H19F6N3O3. The van der Waals surface area contributed by atoms with Gasteiger partial charge < -0.3 is 15.0 Å². The number of hydrogen-bond acceptors (Lipinski definition) is 5. The molecule has 1 aliphatic rings. The minimum atomic E-state index is -5.08. The Morgan fingerprint density at radius 1 is 1.08 bits per heavy atom. The summed E-state index contributed by atoms with van der Waals surface area (Å²) in [6, 6.07) is 12.3. The number of fused-ring (bicyclic) bond motifs is 1. The van der Waals surface area contributed by atoms with Crippen molar-refractivity contribution in [3.05, 3.63) is 82.9 Å². The van der Waals surface area contributed by atoms with Gasteiger partial charge in [0.15, 0.2) is 0 Å². The van der Waals surface area contributed by atoms with Crippen molar-refractivity contribution in [3.8, 4) is 0 Å². The second-order valence-corrected chi connectivity index (χ2v) is 8.10. The number of nitrogens with one attached hydrogen (secondary N) is 1. The lowest BCUT2D eigenvalue weighted by Gasteiger charge is -2.30. The molecule has 0 aromatic heterocycles. The van der Waals surface area contributed by atoms with Crippen LogP contribution in [0.2, 0.25) is 0 Å². The molecule has 4 rings (SSSR count). The summed E-state index contributed by atoms with van der Waals surface area (Å²) in [7, 11) is 1.35. The van der Waals surface area contributed by atoms with Crippen LogP contribution in [-0.2, 0) is 21.5 Å². The molecule has 3 aromatic rings. The lowest BCUT2D eigenvalue weighted by Crippen LogP contribution is -2.42. The van der Waals surface area contributed by atoms with Crippen molar-refractivity contribution in [2.24, 2.45) is 10.3 Å². The lowest BCUT2D eigenvalue weighted by atomic mass is 9.84. The quantitative estimate of drug-likeness (QED) is 0.252. The van der Waals surface area contributed by atoms with E-state index in [0.717, 1.165) is 12.1 Å². The summed E-state index contributed by atoms with van der Waals surface area (Å²) >= 11 is 0. The van der Waals surface area contributed by atoms with E-state index in [1.807, 2.05) is 0 Å². The van der Waals surface area contributed by atoms with Crippen LogP contribution in [-0.4, -0.2) is 37.7 Å². The Kier molecular flexibility index (Phi) is 6.85. The highest BCUT2D eigenvalue weighted by atomic mass is 19.4. The first-order chi connectivity index (χ1) is 17.5. The van der Waals surface area contributed by atoms with Crippen LogP contribution in [0.3, 0.4) is 0 Å². The van der Waals surface area contributed by atoms with E-state index in [2.05, 4.69) is 20.5 Å². The molecule has 0 bridgehead atoms. The van der Waals surface area contributed by atoms with Crippen LogP contribution in [0.4, 0.5) is 26.3 Å². The average Bonchev–Trinajstić information content (AvgIpc) is 3.32. The zero-order chi connectivity index (χ0) is 26.8. The van der Waals surface area contributed by atoms with Crippen LogP contribution in [0.1, 0.15) is 33.5 Å². The first kappa shape index (κ1) is 26.0. The zero-order valence-corrected chi connectivity index (χ0v) is 19.2. The number of halogens is 6. The van der Waals surface area contributed by atoms with E-state index in [9.17, 15) is 31.1 Å². The fraction of sp³-hybridized carbons (Fsp3) is 0.240. The standard InChI is InChI=1S/C25H19F6N3O3/c1-36-33-12-11-32-22(35)20-10-9-19(17-7-2-3-8-18(17)20)21-14-23(37-34-21,25(29,30)31)15-5-4-6-16(13-15)24(26,27)28/h2-10,12-13H,11,14H2,1H3,(H,32,35)/b33-12+. The maximum Gasteiger partial charge on any atom is 0.435 e. The van der Waals surface area contributed by atoms with Crippen molar-refractivity contribution in [1.29, 1.82) is 0 Å². The number of benzene rings is 3. The van der Waals surface area contributed by atoms with Crippen molar-refractivity contribution in [1.82, 2.24) is 5.32 Å². The van der Waals surface area contributed by atoms with Gasteiger partial charge in [-0.1, -0.05) is 52.8 Å². The molecule has 0 saturated heterocycles. The number of carbonyl (C=O) groups is 1. The smallest absolute Gasteiger partial charge is 0.399 e. The summed E-state index contributed by atoms with van der Waals surface area (Å²) in [6.45, 7) is 0.0778. The Morgan fingerprint density at radius 2 is 1.81 bits per heavy atom. The first-order valence-electron chi connectivity index (χ1n) is 10.8. The molecule has 194 valence electrons. The highest BCUT2D eigenvalue weighted by Gasteiger charge is 2.62. The van der Waals surface area contributed by atoms with Gasteiger partial charge in [-0.05, 0) is 29.0 Å². The van der Waals surface area contributed by atoms with Gasteiger partial charge in [0, 0.05) is 23.1 Å². The Balaban J connectivity index is 1.72. The monoisotopic (exact) mass is 523 g/mol. The third kappa shape index (κ3) is 4.95. The molecule has 1 heterocycles. The molecule has 1 unspecified atom stereocenters. The maximum atomic E-state index is 14.3. The fourth-order valence-electron chi connectivity index (χ4n) is 4.09. The molecule has 1 N–H and O–H groups in total. The van der Waals surface area contributed by atoms with Gasteiger partial charge in [0.05, 0.1) is 24.0 Å². The molecule has 37 heavy (non-hydrogen) atoms. The third-order valence-corrected chi connectivity index (χ3v) is 5.86. The molecule has 0 fully saturated rings. The topological polar surface area (TPSA) is 72.3 Å². The average molecular weight is 523 g/mol. The molecule has 0 saturated carbocycles. The molecule has 1 aliphatic heterocycles. The minimum absolute atomic E-state index is 0.0778. The van der Waals surface area contributed by atoms with E-state index in [0.29, 0.717) is 22.9 Å². The number of amides is 1. The van der Waals surface area contributed by atoms with Gasteiger partial charge >= 0.3 is 12.4 Å². The van der Waals surface area contributed by atoms with Crippen LogP contribution in [0, 0.1) is 0 Å². The molecule has 0 radical (unpaired) electrons. The van der Waals surface area contributed by atoms with E-state index in [4.69, 9.17) is 4.84 Å². The van der Waals surface area contributed by atoms with E-state index in [1.54, 1.807) is 24.3 Å². The Bertz CT molecular complexity index is 1380. The van der Waals surface area contributed by atoms with Gasteiger partial charge in [0.2, 0.25) is 0 Å². The largest absolute Gasteiger partial charge is 0.435 e. The molecule has 1 amide bonds. The van der Waals surface area contributed by atoms with Gasteiger partial charge in [-0.25, -0.2) is 0 Å². The van der Waals surface area contributed by atoms with E-state index >= 15 is 0 Å². The molecular weight excluding hydrogens is 504 g/mol.